The Hall–Kier alpha value is -1.63. The van der Waals surface area contributed by atoms with Crippen LogP contribution in [-0.4, -0.2) is 56.8 Å². The van der Waals surface area contributed by atoms with Gasteiger partial charge in [-0.1, -0.05) is 17.7 Å². The van der Waals surface area contributed by atoms with Crippen LogP contribution in [0.25, 0.3) is 0 Å². The number of nitrogens with zero attached hydrogens (tertiary/aromatic N) is 3. The highest BCUT2D eigenvalue weighted by Crippen LogP contribution is 2.22. The fourth-order valence-corrected chi connectivity index (χ4v) is 3.02. The van der Waals surface area contributed by atoms with Crippen LogP contribution in [0.4, 0.5) is 18.9 Å². The van der Waals surface area contributed by atoms with Gasteiger partial charge in [0.2, 0.25) is 0 Å². The van der Waals surface area contributed by atoms with Crippen molar-refractivity contribution in [3.05, 3.63) is 29.3 Å². The molecule has 1 aromatic rings. The molecule has 0 aromatic heterocycles. The second-order valence-corrected chi connectivity index (χ2v) is 6.44. The summed E-state index contributed by atoms with van der Waals surface area (Å²) in [6, 6.07) is 7.78. The lowest BCUT2D eigenvalue weighted by Crippen LogP contribution is -2.52. The Morgan fingerprint density at radius 2 is 1.92 bits per heavy atom. The second-order valence-electron chi connectivity index (χ2n) is 6.00. The molecular weight excluding hydrogens is 353 g/mol. The van der Waals surface area contributed by atoms with Gasteiger partial charge in [-0.15, -0.1) is 0 Å². The van der Waals surface area contributed by atoms with Gasteiger partial charge in [-0.2, -0.15) is 13.2 Å². The first-order chi connectivity index (χ1) is 11.9. The van der Waals surface area contributed by atoms with Crippen LogP contribution < -0.4 is 10.2 Å². The summed E-state index contributed by atoms with van der Waals surface area (Å²) in [6.45, 7) is 3.78. The van der Waals surface area contributed by atoms with Crippen molar-refractivity contribution >= 4 is 23.2 Å². The molecule has 1 aromatic carbocycles. The summed E-state index contributed by atoms with van der Waals surface area (Å²) in [6.07, 6.45) is -4.19. The van der Waals surface area contributed by atoms with Crippen LogP contribution in [0.1, 0.15) is 19.3 Å². The minimum Gasteiger partial charge on any atom is -0.368 e. The summed E-state index contributed by atoms with van der Waals surface area (Å²) < 4.78 is 36.4. The standard InChI is InChI=1S/C17H24ClF3N4/c1-22-16(23-8-3-2-7-17(19,20)21)25-11-9-24(10-12-25)15-6-4-5-14(18)13-15/h4-6,13H,2-3,7-12H2,1H3,(H,22,23). The van der Waals surface area contributed by atoms with Crippen molar-refractivity contribution in [2.45, 2.75) is 25.4 Å². The van der Waals surface area contributed by atoms with E-state index in [9.17, 15) is 13.2 Å². The van der Waals surface area contributed by atoms with Crippen molar-refractivity contribution < 1.29 is 13.2 Å². The summed E-state index contributed by atoms with van der Waals surface area (Å²) in [5, 5.41) is 3.88. The van der Waals surface area contributed by atoms with Crippen LogP contribution in [0.5, 0.6) is 0 Å². The summed E-state index contributed by atoms with van der Waals surface area (Å²) in [4.78, 5) is 8.63. The van der Waals surface area contributed by atoms with E-state index >= 15 is 0 Å². The molecule has 0 radical (unpaired) electrons. The monoisotopic (exact) mass is 376 g/mol. The highest BCUT2D eigenvalue weighted by atomic mass is 35.5. The molecular formula is C17H24ClF3N4. The minimum atomic E-state index is -4.07. The van der Waals surface area contributed by atoms with Gasteiger partial charge in [-0.05, 0) is 31.0 Å². The zero-order valence-corrected chi connectivity index (χ0v) is 15.1. The number of hydrogen-bond donors (Lipinski definition) is 1. The first kappa shape index (κ1) is 19.7. The number of rotatable bonds is 5. The third-order valence-electron chi connectivity index (χ3n) is 4.13. The molecule has 4 nitrogen and oxygen atoms in total. The van der Waals surface area contributed by atoms with Crippen LogP contribution in [0.15, 0.2) is 29.3 Å². The predicted octanol–water partition coefficient (Wildman–Crippen LogP) is 3.77. The number of nitrogens with one attached hydrogen (secondary N) is 1. The van der Waals surface area contributed by atoms with E-state index in [1.54, 1.807) is 7.05 Å². The van der Waals surface area contributed by atoms with Crippen LogP contribution in [0, 0.1) is 0 Å². The molecule has 1 aliphatic rings. The lowest BCUT2D eigenvalue weighted by molar-refractivity contribution is -0.135. The van der Waals surface area contributed by atoms with Crippen LogP contribution in [0.3, 0.4) is 0 Å². The number of piperazine rings is 1. The SMILES string of the molecule is CN=C(NCCCCC(F)(F)F)N1CCN(c2cccc(Cl)c2)CC1. The van der Waals surface area contributed by atoms with Crippen LogP contribution in [0.2, 0.25) is 5.02 Å². The Balaban J connectivity index is 1.74. The lowest BCUT2D eigenvalue weighted by atomic mass is 10.2. The summed E-state index contributed by atoms with van der Waals surface area (Å²) in [5.41, 5.74) is 1.10. The number of halogens is 4. The minimum absolute atomic E-state index is 0.135. The summed E-state index contributed by atoms with van der Waals surface area (Å²) >= 11 is 6.04. The average molecular weight is 377 g/mol. The molecule has 0 amide bonds. The van der Waals surface area contributed by atoms with Crippen molar-refractivity contribution in [3.63, 3.8) is 0 Å². The fourth-order valence-electron chi connectivity index (χ4n) is 2.83. The van der Waals surface area contributed by atoms with E-state index in [1.807, 2.05) is 24.3 Å². The van der Waals surface area contributed by atoms with Crippen molar-refractivity contribution in [1.82, 2.24) is 10.2 Å². The first-order valence-electron chi connectivity index (χ1n) is 8.42. The molecule has 0 spiro atoms. The highest BCUT2D eigenvalue weighted by molar-refractivity contribution is 6.30. The van der Waals surface area contributed by atoms with E-state index < -0.39 is 12.6 Å². The first-order valence-corrected chi connectivity index (χ1v) is 8.80. The van der Waals surface area contributed by atoms with E-state index in [4.69, 9.17) is 11.6 Å². The maximum absolute atomic E-state index is 12.1. The maximum Gasteiger partial charge on any atom is 0.389 e. The quantitative estimate of drug-likeness (QED) is 0.482. The molecule has 25 heavy (non-hydrogen) atoms. The molecule has 0 saturated carbocycles. The molecule has 2 rings (SSSR count). The Labute approximate surface area is 151 Å². The summed E-state index contributed by atoms with van der Waals surface area (Å²) in [5.74, 6) is 0.748. The van der Waals surface area contributed by atoms with Gasteiger partial charge in [0, 0.05) is 56.9 Å². The molecule has 0 aliphatic carbocycles. The van der Waals surface area contributed by atoms with E-state index in [-0.39, 0.29) is 6.42 Å². The molecule has 140 valence electrons. The molecule has 0 atom stereocenters. The number of aliphatic imine (C=N–C) groups is 1. The fraction of sp³-hybridized carbons (Fsp3) is 0.588. The number of guanidine groups is 1. The van der Waals surface area contributed by atoms with Crippen LogP contribution >= 0.6 is 11.6 Å². The topological polar surface area (TPSA) is 30.9 Å². The third-order valence-corrected chi connectivity index (χ3v) is 4.37. The smallest absolute Gasteiger partial charge is 0.368 e. The Morgan fingerprint density at radius 3 is 2.52 bits per heavy atom. The zero-order valence-electron chi connectivity index (χ0n) is 14.3. The van der Waals surface area contributed by atoms with Gasteiger partial charge in [0.1, 0.15) is 0 Å². The van der Waals surface area contributed by atoms with Crippen molar-refractivity contribution in [1.29, 1.82) is 0 Å². The Kier molecular flexibility index (Phi) is 7.23. The Morgan fingerprint density at radius 1 is 1.20 bits per heavy atom. The molecule has 1 fully saturated rings. The number of benzene rings is 1. The van der Waals surface area contributed by atoms with Gasteiger partial charge in [-0.25, -0.2) is 0 Å². The van der Waals surface area contributed by atoms with E-state index in [2.05, 4.69) is 20.1 Å². The summed E-state index contributed by atoms with van der Waals surface area (Å²) in [7, 11) is 1.70. The molecule has 1 saturated heterocycles. The normalized spacial score (nSPS) is 16.3. The zero-order chi connectivity index (χ0) is 18.3. The average Bonchev–Trinajstić information content (AvgIpc) is 2.57. The van der Waals surface area contributed by atoms with E-state index in [1.165, 1.54) is 0 Å². The molecule has 1 N–H and O–H groups in total. The van der Waals surface area contributed by atoms with Gasteiger partial charge in [0.05, 0.1) is 0 Å². The van der Waals surface area contributed by atoms with Crippen LogP contribution in [-0.2, 0) is 0 Å². The van der Waals surface area contributed by atoms with Crippen molar-refractivity contribution in [2.75, 3.05) is 44.7 Å². The number of anilines is 1. The molecule has 1 aliphatic heterocycles. The van der Waals surface area contributed by atoms with Gasteiger partial charge >= 0.3 is 6.18 Å². The second kappa shape index (κ2) is 9.17. The lowest BCUT2D eigenvalue weighted by Gasteiger charge is -2.37. The Bertz CT molecular complexity index is 569. The van der Waals surface area contributed by atoms with E-state index in [0.717, 1.165) is 42.8 Å². The molecule has 0 bridgehead atoms. The van der Waals surface area contributed by atoms with Gasteiger partial charge in [-0.3, -0.25) is 4.99 Å². The van der Waals surface area contributed by atoms with Gasteiger partial charge in [0.15, 0.2) is 5.96 Å². The van der Waals surface area contributed by atoms with Crippen molar-refractivity contribution in [2.24, 2.45) is 4.99 Å². The number of alkyl halides is 3. The maximum atomic E-state index is 12.1. The largest absolute Gasteiger partial charge is 0.389 e. The molecule has 0 unspecified atom stereocenters. The predicted molar refractivity (Wildman–Crippen MR) is 96.5 cm³/mol. The molecule has 1 heterocycles. The van der Waals surface area contributed by atoms with Gasteiger partial charge in [0.25, 0.3) is 0 Å². The number of unbranched alkanes of at least 4 members (excludes halogenated alkanes) is 1. The van der Waals surface area contributed by atoms with Gasteiger partial charge < -0.3 is 15.1 Å². The third kappa shape index (κ3) is 6.65. The molecule has 8 heteroatoms. The number of hydrogen-bond acceptors (Lipinski definition) is 2. The van der Waals surface area contributed by atoms with Crippen molar-refractivity contribution in [3.8, 4) is 0 Å². The van der Waals surface area contributed by atoms with E-state index in [0.29, 0.717) is 13.0 Å². The highest BCUT2D eigenvalue weighted by Gasteiger charge is 2.26.